The SMILES string of the molecule is CCCCC1COC(CCCC)C(=O)N1. The predicted octanol–water partition coefficient (Wildman–Crippen LogP) is 2.25. The van der Waals surface area contributed by atoms with E-state index in [1.807, 2.05) is 0 Å². The van der Waals surface area contributed by atoms with Crippen molar-refractivity contribution in [3.63, 3.8) is 0 Å². The lowest BCUT2D eigenvalue weighted by molar-refractivity contribution is -0.141. The Morgan fingerprint density at radius 3 is 2.53 bits per heavy atom. The van der Waals surface area contributed by atoms with E-state index in [1.165, 1.54) is 6.42 Å². The molecule has 1 heterocycles. The summed E-state index contributed by atoms with van der Waals surface area (Å²) in [6, 6.07) is 0.246. The maximum atomic E-state index is 11.6. The maximum absolute atomic E-state index is 11.6. The van der Waals surface area contributed by atoms with Crippen molar-refractivity contribution in [3.8, 4) is 0 Å². The second kappa shape index (κ2) is 6.83. The Kier molecular flexibility index (Phi) is 5.69. The fourth-order valence-corrected chi connectivity index (χ4v) is 1.85. The number of carbonyl (C=O) groups is 1. The van der Waals surface area contributed by atoms with Crippen LogP contribution in [0.3, 0.4) is 0 Å². The Balaban J connectivity index is 2.24. The van der Waals surface area contributed by atoms with Crippen LogP contribution in [-0.2, 0) is 9.53 Å². The molecule has 1 rings (SSSR count). The van der Waals surface area contributed by atoms with Gasteiger partial charge in [-0.15, -0.1) is 0 Å². The highest BCUT2D eigenvalue weighted by Crippen LogP contribution is 2.13. The zero-order valence-corrected chi connectivity index (χ0v) is 9.92. The van der Waals surface area contributed by atoms with Crippen molar-refractivity contribution < 1.29 is 9.53 Å². The van der Waals surface area contributed by atoms with Crippen molar-refractivity contribution in [2.24, 2.45) is 0 Å². The van der Waals surface area contributed by atoms with Gasteiger partial charge in [0.25, 0.3) is 0 Å². The molecule has 0 aromatic carbocycles. The molecule has 0 aromatic rings. The Morgan fingerprint density at radius 2 is 1.93 bits per heavy atom. The summed E-state index contributed by atoms with van der Waals surface area (Å²) < 4.78 is 5.59. The fourth-order valence-electron chi connectivity index (χ4n) is 1.85. The number of carbonyl (C=O) groups excluding carboxylic acids is 1. The molecule has 0 bridgehead atoms. The highest BCUT2D eigenvalue weighted by molar-refractivity contribution is 5.81. The van der Waals surface area contributed by atoms with Gasteiger partial charge in [-0.25, -0.2) is 0 Å². The van der Waals surface area contributed by atoms with E-state index in [9.17, 15) is 4.79 Å². The number of unbranched alkanes of at least 4 members (excludes halogenated alkanes) is 2. The van der Waals surface area contributed by atoms with E-state index < -0.39 is 0 Å². The average Bonchev–Trinajstić information content (AvgIpc) is 2.25. The zero-order chi connectivity index (χ0) is 11.1. The minimum Gasteiger partial charge on any atom is -0.366 e. The van der Waals surface area contributed by atoms with Gasteiger partial charge in [0.05, 0.1) is 12.6 Å². The van der Waals surface area contributed by atoms with Gasteiger partial charge in [-0.2, -0.15) is 0 Å². The number of rotatable bonds is 6. The van der Waals surface area contributed by atoms with Gasteiger partial charge in [-0.3, -0.25) is 4.79 Å². The number of hydrogen-bond acceptors (Lipinski definition) is 2. The Labute approximate surface area is 92.6 Å². The van der Waals surface area contributed by atoms with Crippen LogP contribution in [-0.4, -0.2) is 24.7 Å². The molecule has 0 saturated carbocycles. The minimum atomic E-state index is -0.192. The van der Waals surface area contributed by atoms with Crippen molar-refractivity contribution in [2.75, 3.05) is 6.61 Å². The van der Waals surface area contributed by atoms with Gasteiger partial charge in [-0.05, 0) is 12.8 Å². The van der Waals surface area contributed by atoms with Gasteiger partial charge < -0.3 is 10.1 Å². The summed E-state index contributed by atoms with van der Waals surface area (Å²) in [4.78, 5) is 11.6. The van der Waals surface area contributed by atoms with Crippen molar-refractivity contribution in [3.05, 3.63) is 0 Å². The van der Waals surface area contributed by atoms with Crippen molar-refractivity contribution >= 4 is 5.91 Å². The second-order valence-electron chi connectivity index (χ2n) is 4.31. The minimum absolute atomic E-state index is 0.0933. The molecule has 1 aliphatic rings. The number of hydrogen-bond donors (Lipinski definition) is 1. The van der Waals surface area contributed by atoms with Crippen LogP contribution in [0.5, 0.6) is 0 Å². The normalized spacial score (nSPS) is 26.4. The maximum Gasteiger partial charge on any atom is 0.249 e. The van der Waals surface area contributed by atoms with Crippen LogP contribution in [0, 0.1) is 0 Å². The summed E-state index contributed by atoms with van der Waals surface area (Å²) in [7, 11) is 0. The monoisotopic (exact) mass is 213 g/mol. The van der Waals surface area contributed by atoms with Gasteiger partial charge in [0, 0.05) is 0 Å². The lowest BCUT2D eigenvalue weighted by Gasteiger charge is -2.29. The van der Waals surface area contributed by atoms with E-state index in [0.29, 0.717) is 6.61 Å². The molecular formula is C12H23NO2. The smallest absolute Gasteiger partial charge is 0.249 e. The zero-order valence-electron chi connectivity index (χ0n) is 9.92. The van der Waals surface area contributed by atoms with E-state index in [4.69, 9.17) is 4.74 Å². The highest BCUT2D eigenvalue weighted by Gasteiger charge is 2.27. The number of amides is 1. The molecule has 88 valence electrons. The summed E-state index contributed by atoms with van der Waals surface area (Å²) in [6.07, 6.45) is 6.23. The van der Waals surface area contributed by atoms with Gasteiger partial charge in [0.2, 0.25) is 5.91 Å². The Hall–Kier alpha value is -0.570. The quantitative estimate of drug-likeness (QED) is 0.735. The molecule has 2 unspecified atom stereocenters. The molecule has 1 amide bonds. The summed E-state index contributed by atoms with van der Waals surface area (Å²) in [5, 5.41) is 3.05. The summed E-state index contributed by atoms with van der Waals surface area (Å²) >= 11 is 0. The first kappa shape index (κ1) is 12.5. The van der Waals surface area contributed by atoms with Crippen LogP contribution in [0.1, 0.15) is 52.4 Å². The third kappa shape index (κ3) is 4.20. The van der Waals surface area contributed by atoms with Gasteiger partial charge >= 0.3 is 0 Å². The number of morpholine rings is 1. The molecule has 2 atom stereocenters. The standard InChI is InChI=1S/C12H23NO2/c1-3-5-7-10-9-15-11(8-6-4-2)12(14)13-10/h10-11H,3-9H2,1-2H3,(H,13,14). The van der Waals surface area contributed by atoms with Crippen LogP contribution in [0.4, 0.5) is 0 Å². The summed E-state index contributed by atoms with van der Waals surface area (Å²) in [5.41, 5.74) is 0. The first-order valence-electron chi connectivity index (χ1n) is 6.19. The number of ether oxygens (including phenoxy) is 1. The lowest BCUT2D eigenvalue weighted by Crippen LogP contribution is -2.50. The van der Waals surface area contributed by atoms with E-state index in [1.54, 1.807) is 0 Å². The topological polar surface area (TPSA) is 38.3 Å². The summed E-state index contributed by atoms with van der Waals surface area (Å²) in [5.74, 6) is 0.0933. The molecule has 0 aliphatic carbocycles. The van der Waals surface area contributed by atoms with Crippen LogP contribution in [0.2, 0.25) is 0 Å². The second-order valence-corrected chi connectivity index (χ2v) is 4.31. The molecule has 1 fully saturated rings. The van der Waals surface area contributed by atoms with Gasteiger partial charge in [-0.1, -0.05) is 39.5 Å². The number of nitrogens with one attached hydrogen (secondary N) is 1. The van der Waals surface area contributed by atoms with E-state index >= 15 is 0 Å². The van der Waals surface area contributed by atoms with Crippen LogP contribution in [0.25, 0.3) is 0 Å². The van der Waals surface area contributed by atoms with Gasteiger partial charge in [0.15, 0.2) is 0 Å². The summed E-state index contributed by atoms with van der Waals surface area (Å²) in [6.45, 7) is 4.99. The first-order valence-corrected chi connectivity index (χ1v) is 6.19. The molecule has 0 aromatic heterocycles. The Bertz CT molecular complexity index is 194. The largest absolute Gasteiger partial charge is 0.366 e. The molecule has 0 radical (unpaired) electrons. The van der Waals surface area contributed by atoms with Crippen molar-refractivity contribution in [1.29, 1.82) is 0 Å². The third-order valence-corrected chi connectivity index (χ3v) is 2.86. The van der Waals surface area contributed by atoms with E-state index in [2.05, 4.69) is 19.2 Å². The molecule has 3 heteroatoms. The van der Waals surface area contributed by atoms with E-state index in [-0.39, 0.29) is 18.1 Å². The lowest BCUT2D eigenvalue weighted by atomic mass is 10.1. The molecule has 1 N–H and O–H groups in total. The van der Waals surface area contributed by atoms with Crippen LogP contribution >= 0.6 is 0 Å². The van der Waals surface area contributed by atoms with Crippen LogP contribution < -0.4 is 5.32 Å². The molecule has 15 heavy (non-hydrogen) atoms. The highest BCUT2D eigenvalue weighted by atomic mass is 16.5. The molecule has 3 nitrogen and oxygen atoms in total. The first-order chi connectivity index (χ1) is 7.27. The molecular weight excluding hydrogens is 190 g/mol. The van der Waals surface area contributed by atoms with Crippen LogP contribution in [0.15, 0.2) is 0 Å². The van der Waals surface area contributed by atoms with Gasteiger partial charge in [0.1, 0.15) is 6.10 Å². The fraction of sp³-hybridized carbons (Fsp3) is 0.917. The molecule has 1 saturated heterocycles. The van der Waals surface area contributed by atoms with Crippen molar-refractivity contribution in [2.45, 2.75) is 64.5 Å². The predicted molar refractivity (Wildman–Crippen MR) is 60.7 cm³/mol. The molecule has 1 aliphatic heterocycles. The Morgan fingerprint density at radius 1 is 1.27 bits per heavy atom. The molecule has 0 spiro atoms. The van der Waals surface area contributed by atoms with E-state index in [0.717, 1.165) is 32.1 Å². The third-order valence-electron chi connectivity index (χ3n) is 2.86. The van der Waals surface area contributed by atoms with Crippen molar-refractivity contribution in [1.82, 2.24) is 5.32 Å². The average molecular weight is 213 g/mol.